The Morgan fingerprint density at radius 2 is 2.17 bits per heavy atom. The highest BCUT2D eigenvalue weighted by Crippen LogP contribution is 2.43. The molecule has 5 heterocycles. The van der Waals surface area contributed by atoms with E-state index in [0.29, 0.717) is 5.92 Å². The summed E-state index contributed by atoms with van der Waals surface area (Å²) in [6.07, 6.45) is 5.15. The predicted molar refractivity (Wildman–Crippen MR) is 89.6 cm³/mol. The van der Waals surface area contributed by atoms with Crippen LogP contribution in [0.4, 0.5) is 5.69 Å². The van der Waals surface area contributed by atoms with E-state index < -0.39 is 0 Å². The number of piperidine rings is 3. The molecule has 0 amide bonds. The Bertz CT molecular complexity index is 789. The van der Waals surface area contributed by atoms with Gasteiger partial charge in [0.2, 0.25) is 0 Å². The maximum absolute atomic E-state index is 5.95. The topological polar surface area (TPSA) is 50.0 Å². The second-order valence-corrected chi connectivity index (χ2v) is 7.18. The van der Waals surface area contributed by atoms with Gasteiger partial charge in [0.05, 0.1) is 12.7 Å². The second-order valence-electron chi connectivity index (χ2n) is 7.18. The molecule has 5 heteroatoms. The van der Waals surface area contributed by atoms with Gasteiger partial charge in [0.25, 0.3) is 0 Å². The minimum Gasteiger partial charge on any atom is -0.464 e. The standard InChI is InChI=1S/C18H21N3O2/c1-12-10-22-16-8-14(2-3-15(12)16)19-17-9-18(23-20-17)11-21-6-4-13(18)5-7-21/h2-3,8,10,13H,4-7,9,11H2,1H3,(H,19,20). The number of oxime groups is 1. The van der Waals surface area contributed by atoms with Crippen molar-refractivity contribution in [1.82, 2.24) is 4.90 Å². The zero-order valence-electron chi connectivity index (χ0n) is 13.3. The van der Waals surface area contributed by atoms with Gasteiger partial charge in [-0.3, -0.25) is 4.90 Å². The predicted octanol–water partition coefficient (Wildman–Crippen LogP) is 3.35. The first kappa shape index (κ1) is 13.4. The Kier molecular flexibility index (Phi) is 2.77. The van der Waals surface area contributed by atoms with Crippen LogP contribution in [0, 0.1) is 12.8 Å². The summed E-state index contributed by atoms with van der Waals surface area (Å²) in [5.41, 5.74) is 2.99. The van der Waals surface area contributed by atoms with E-state index in [1.807, 2.05) is 6.07 Å². The van der Waals surface area contributed by atoms with Crippen LogP contribution in [-0.4, -0.2) is 36.0 Å². The average molecular weight is 311 g/mol. The molecule has 3 saturated heterocycles. The van der Waals surface area contributed by atoms with E-state index in [1.165, 1.54) is 31.5 Å². The van der Waals surface area contributed by atoms with Crippen molar-refractivity contribution < 1.29 is 9.25 Å². The lowest BCUT2D eigenvalue weighted by atomic mass is 9.73. The lowest BCUT2D eigenvalue weighted by Crippen LogP contribution is -2.59. The third-order valence-electron chi connectivity index (χ3n) is 5.68. The zero-order valence-corrected chi connectivity index (χ0v) is 13.3. The van der Waals surface area contributed by atoms with Crippen LogP contribution in [0.25, 0.3) is 11.0 Å². The molecule has 3 fully saturated rings. The number of furan rings is 1. The second kappa shape index (κ2) is 4.74. The normalized spacial score (nSPS) is 32.3. The highest BCUT2D eigenvalue weighted by atomic mass is 16.7. The van der Waals surface area contributed by atoms with Crippen LogP contribution in [-0.2, 0) is 4.84 Å². The summed E-state index contributed by atoms with van der Waals surface area (Å²) in [7, 11) is 0. The van der Waals surface area contributed by atoms with Crippen molar-refractivity contribution in [3.8, 4) is 0 Å². The van der Waals surface area contributed by atoms with Crippen LogP contribution in [0.5, 0.6) is 0 Å². The summed E-state index contributed by atoms with van der Waals surface area (Å²) >= 11 is 0. The monoisotopic (exact) mass is 311 g/mol. The van der Waals surface area contributed by atoms with Gasteiger partial charge >= 0.3 is 0 Å². The first-order valence-corrected chi connectivity index (χ1v) is 8.44. The van der Waals surface area contributed by atoms with Gasteiger partial charge in [-0.05, 0) is 50.6 Å². The molecule has 1 unspecified atom stereocenters. The van der Waals surface area contributed by atoms with Crippen LogP contribution in [0.15, 0.2) is 34.0 Å². The molecule has 1 spiro atoms. The smallest absolute Gasteiger partial charge is 0.160 e. The first-order chi connectivity index (χ1) is 11.2. The SMILES string of the molecule is Cc1coc2cc(NC3=NOC4(C3)CN3CCC4CC3)ccc12. The molecular weight excluding hydrogens is 290 g/mol. The van der Waals surface area contributed by atoms with E-state index in [1.54, 1.807) is 6.26 Å². The summed E-state index contributed by atoms with van der Waals surface area (Å²) in [4.78, 5) is 8.46. The number of aryl methyl sites for hydroxylation is 1. The van der Waals surface area contributed by atoms with Gasteiger partial charge in [-0.2, -0.15) is 0 Å². The fourth-order valence-corrected chi connectivity index (χ4v) is 4.39. The van der Waals surface area contributed by atoms with Crippen molar-refractivity contribution in [3.63, 3.8) is 0 Å². The van der Waals surface area contributed by atoms with Gasteiger partial charge in [0.1, 0.15) is 5.58 Å². The van der Waals surface area contributed by atoms with Gasteiger partial charge in [0.15, 0.2) is 11.4 Å². The molecule has 1 atom stereocenters. The number of nitrogens with one attached hydrogen (secondary N) is 1. The van der Waals surface area contributed by atoms with Crippen LogP contribution < -0.4 is 5.32 Å². The number of benzene rings is 1. The molecule has 0 aliphatic carbocycles. The Hall–Kier alpha value is -2.01. The summed E-state index contributed by atoms with van der Waals surface area (Å²) < 4.78 is 5.59. The number of rotatable bonds is 1. The molecule has 6 rings (SSSR count). The third kappa shape index (κ3) is 2.06. The van der Waals surface area contributed by atoms with Crippen LogP contribution in [0.1, 0.15) is 24.8 Å². The average Bonchev–Trinajstić information content (AvgIpc) is 3.13. The largest absolute Gasteiger partial charge is 0.464 e. The van der Waals surface area contributed by atoms with E-state index in [-0.39, 0.29) is 5.60 Å². The third-order valence-corrected chi connectivity index (χ3v) is 5.68. The highest BCUT2D eigenvalue weighted by Gasteiger charge is 2.52. The molecule has 0 saturated carbocycles. The molecule has 4 aliphatic rings. The van der Waals surface area contributed by atoms with E-state index >= 15 is 0 Å². The number of nitrogens with zero attached hydrogens (tertiary/aromatic N) is 2. The minimum absolute atomic E-state index is 0.0931. The fourth-order valence-electron chi connectivity index (χ4n) is 4.39. The molecular formula is C18H21N3O2. The number of anilines is 1. The van der Waals surface area contributed by atoms with E-state index in [4.69, 9.17) is 9.25 Å². The minimum atomic E-state index is -0.0931. The lowest BCUT2D eigenvalue weighted by Gasteiger charge is -2.49. The summed E-state index contributed by atoms with van der Waals surface area (Å²) in [5, 5.41) is 8.94. The van der Waals surface area contributed by atoms with Crippen LogP contribution in [0.2, 0.25) is 0 Å². The molecule has 1 aromatic heterocycles. The Morgan fingerprint density at radius 1 is 1.30 bits per heavy atom. The van der Waals surface area contributed by atoms with Gasteiger partial charge in [0, 0.05) is 29.6 Å². The molecule has 1 aromatic carbocycles. The van der Waals surface area contributed by atoms with Gasteiger partial charge in [-0.1, -0.05) is 5.16 Å². The van der Waals surface area contributed by atoms with Crippen molar-refractivity contribution >= 4 is 22.5 Å². The van der Waals surface area contributed by atoms with Gasteiger partial charge < -0.3 is 14.6 Å². The van der Waals surface area contributed by atoms with Gasteiger partial charge in [-0.15, -0.1) is 0 Å². The van der Waals surface area contributed by atoms with E-state index in [2.05, 4.69) is 34.4 Å². The van der Waals surface area contributed by atoms with Gasteiger partial charge in [-0.25, -0.2) is 0 Å². The van der Waals surface area contributed by atoms with Crippen molar-refractivity contribution in [1.29, 1.82) is 0 Å². The maximum Gasteiger partial charge on any atom is 0.160 e. The molecule has 4 aliphatic heterocycles. The van der Waals surface area contributed by atoms with Crippen LogP contribution in [0.3, 0.4) is 0 Å². The molecule has 23 heavy (non-hydrogen) atoms. The van der Waals surface area contributed by atoms with E-state index in [0.717, 1.165) is 35.5 Å². The lowest BCUT2D eigenvalue weighted by molar-refractivity contribution is -0.136. The first-order valence-electron chi connectivity index (χ1n) is 8.44. The van der Waals surface area contributed by atoms with Crippen molar-refractivity contribution in [3.05, 3.63) is 30.0 Å². The number of hydrogen-bond acceptors (Lipinski definition) is 5. The molecule has 5 nitrogen and oxygen atoms in total. The van der Waals surface area contributed by atoms with Crippen LogP contribution >= 0.6 is 0 Å². The Labute approximate surface area is 135 Å². The van der Waals surface area contributed by atoms with E-state index in [9.17, 15) is 0 Å². The maximum atomic E-state index is 5.95. The summed E-state index contributed by atoms with van der Waals surface area (Å²) in [6.45, 7) is 5.51. The highest BCUT2D eigenvalue weighted by molar-refractivity contribution is 5.98. The molecule has 2 bridgehead atoms. The zero-order chi connectivity index (χ0) is 15.4. The molecule has 120 valence electrons. The summed E-state index contributed by atoms with van der Waals surface area (Å²) in [5.74, 6) is 1.58. The number of fused-ring (bicyclic) bond motifs is 3. The quantitative estimate of drug-likeness (QED) is 0.877. The molecule has 2 aromatic rings. The Balaban J connectivity index is 1.35. The van der Waals surface area contributed by atoms with Crippen molar-refractivity contribution in [2.24, 2.45) is 11.1 Å². The number of hydrogen-bond donors (Lipinski definition) is 1. The number of amidine groups is 1. The Morgan fingerprint density at radius 3 is 2.96 bits per heavy atom. The fraction of sp³-hybridized carbons (Fsp3) is 0.500. The molecule has 1 N–H and O–H groups in total. The molecule has 0 radical (unpaired) electrons. The summed E-state index contributed by atoms with van der Waals surface area (Å²) in [6, 6.07) is 6.21. The van der Waals surface area contributed by atoms with Crippen molar-refractivity contribution in [2.75, 3.05) is 25.0 Å². The van der Waals surface area contributed by atoms with Crippen molar-refractivity contribution in [2.45, 2.75) is 31.8 Å².